The molecule has 106 valence electrons. The summed E-state index contributed by atoms with van der Waals surface area (Å²) in [5, 5.41) is 3.37. The Bertz CT molecular complexity index is 393. The minimum absolute atomic E-state index is 0.0739. The van der Waals surface area contributed by atoms with E-state index in [0.29, 0.717) is 13.0 Å². The van der Waals surface area contributed by atoms with E-state index in [1.54, 1.807) is 0 Å². The van der Waals surface area contributed by atoms with Crippen LogP contribution < -0.4 is 10.1 Å². The quantitative estimate of drug-likeness (QED) is 0.734. The molecule has 0 heterocycles. The van der Waals surface area contributed by atoms with Crippen molar-refractivity contribution in [2.45, 2.75) is 32.7 Å². The number of hydrogen-bond donors (Lipinski definition) is 1. The molecule has 4 nitrogen and oxygen atoms in total. The standard InChI is InChI=1S/C15H23NO3/c1-4-10-16-13(11-15(17)18-3)12-8-6-7-9-14(12)19-5-2/h6-9,13,16H,4-5,10-11H2,1-3H3. The van der Waals surface area contributed by atoms with Crippen molar-refractivity contribution in [3.8, 4) is 5.75 Å². The van der Waals surface area contributed by atoms with Crippen molar-refractivity contribution in [2.75, 3.05) is 20.3 Å². The average Bonchev–Trinajstić information content (AvgIpc) is 2.44. The predicted molar refractivity (Wildman–Crippen MR) is 75.3 cm³/mol. The molecule has 4 heteroatoms. The van der Waals surface area contributed by atoms with E-state index in [1.165, 1.54) is 7.11 Å². The van der Waals surface area contributed by atoms with Crippen LogP contribution >= 0.6 is 0 Å². The fraction of sp³-hybridized carbons (Fsp3) is 0.533. The number of ether oxygens (including phenoxy) is 2. The first kappa shape index (κ1) is 15.5. The van der Waals surface area contributed by atoms with E-state index >= 15 is 0 Å². The lowest BCUT2D eigenvalue weighted by molar-refractivity contribution is -0.141. The highest BCUT2D eigenvalue weighted by atomic mass is 16.5. The van der Waals surface area contributed by atoms with Crippen molar-refractivity contribution < 1.29 is 14.3 Å². The molecule has 0 aromatic heterocycles. The third-order valence-corrected chi connectivity index (χ3v) is 2.83. The van der Waals surface area contributed by atoms with E-state index in [2.05, 4.69) is 12.2 Å². The minimum Gasteiger partial charge on any atom is -0.494 e. The lowest BCUT2D eigenvalue weighted by Gasteiger charge is -2.20. The second-order valence-corrected chi connectivity index (χ2v) is 4.26. The monoisotopic (exact) mass is 265 g/mol. The fourth-order valence-corrected chi connectivity index (χ4v) is 1.92. The molecule has 0 radical (unpaired) electrons. The maximum atomic E-state index is 11.5. The molecule has 0 saturated carbocycles. The Labute approximate surface area is 115 Å². The van der Waals surface area contributed by atoms with Gasteiger partial charge in [-0.1, -0.05) is 25.1 Å². The summed E-state index contributed by atoms with van der Waals surface area (Å²) in [5.74, 6) is 0.599. The Balaban J connectivity index is 2.91. The van der Waals surface area contributed by atoms with Crippen LogP contribution in [0.5, 0.6) is 5.75 Å². The van der Waals surface area contributed by atoms with Gasteiger partial charge in [0.1, 0.15) is 5.75 Å². The van der Waals surface area contributed by atoms with Gasteiger partial charge in [0.25, 0.3) is 0 Å². The van der Waals surface area contributed by atoms with Crippen LogP contribution in [0.3, 0.4) is 0 Å². The molecule has 1 aromatic rings. The first-order chi connectivity index (χ1) is 9.22. The van der Waals surface area contributed by atoms with Crippen LogP contribution in [0, 0.1) is 0 Å². The Morgan fingerprint density at radius 1 is 1.32 bits per heavy atom. The van der Waals surface area contributed by atoms with Crippen LogP contribution in [-0.2, 0) is 9.53 Å². The summed E-state index contributed by atoms with van der Waals surface area (Å²) in [5.41, 5.74) is 1.00. The number of carbonyl (C=O) groups is 1. The molecule has 19 heavy (non-hydrogen) atoms. The normalized spacial score (nSPS) is 11.9. The van der Waals surface area contributed by atoms with E-state index in [1.807, 2.05) is 31.2 Å². The van der Waals surface area contributed by atoms with E-state index in [-0.39, 0.29) is 12.0 Å². The summed E-state index contributed by atoms with van der Waals surface area (Å²) in [4.78, 5) is 11.5. The van der Waals surface area contributed by atoms with Gasteiger partial charge < -0.3 is 14.8 Å². The third-order valence-electron chi connectivity index (χ3n) is 2.83. The van der Waals surface area contributed by atoms with Gasteiger partial charge >= 0.3 is 5.97 Å². The predicted octanol–water partition coefficient (Wildman–Crippen LogP) is 2.69. The zero-order chi connectivity index (χ0) is 14.1. The molecule has 0 aliphatic rings. The highest BCUT2D eigenvalue weighted by molar-refractivity contribution is 5.70. The zero-order valence-electron chi connectivity index (χ0n) is 11.9. The summed E-state index contributed by atoms with van der Waals surface area (Å²) in [6.45, 7) is 5.50. The van der Waals surface area contributed by atoms with E-state index in [9.17, 15) is 4.79 Å². The summed E-state index contributed by atoms with van der Waals surface area (Å²) in [6.07, 6.45) is 1.31. The summed E-state index contributed by atoms with van der Waals surface area (Å²) >= 11 is 0. The van der Waals surface area contributed by atoms with Gasteiger partial charge in [0.15, 0.2) is 0 Å². The molecule has 1 rings (SSSR count). The van der Waals surface area contributed by atoms with Gasteiger partial charge in [0.2, 0.25) is 0 Å². The number of nitrogens with one attached hydrogen (secondary N) is 1. The molecule has 0 saturated heterocycles. The largest absolute Gasteiger partial charge is 0.494 e. The van der Waals surface area contributed by atoms with Crippen molar-refractivity contribution >= 4 is 5.97 Å². The second-order valence-electron chi connectivity index (χ2n) is 4.26. The van der Waals surface area contributed by atoms with Crippen LogP contribution in [0.4, 0.5) is 0 Å². The minimum atomic E-state index is -0.222. The van der Waals surface area contributed by atoms with Gasteiger partial charge in [0.05, 0.1) is 20.1 Å². The summed E-state index contributed by atoms with van der Waals surface area (Å²) in [7, 11) is 1.41. The van der Waals surface area contributed by atoms with E-state index < -0.39 is 0 Å². The first-order valence-corrected chi connectivity index (χ1v) is 6.74. The SMILES string of the molecule is CCCNC(CC(=O)OC)c1ccccc1OCC. The van der Waals surface area contributed by atoms with Gasteiger partial charge in [-0.25, -0.2) is 0 Å². The second kappa shape index (κ2) is 8.53. The molecule has 1 unspecified atom stereocenters. The molecule has 1 aromatic carbocycles. The molecule has 1 N–H and O–H groups in total. The van der Waals surface area contributed by atoms with Gasteiger partial charge in [-0.3, -0.25) is 4.79 Å². The Kier molecular flexibility index (Phi) is 6.97. The number of methoxy groups -OCH3 is 1. The zero-order valence-corrected chi connectivity index (χ0v) is 11.9. The van der Waals surface area contributed by atoms with Crippen molar-refractivity contribution in [1.82, 2.24) is 5.32 Å². The average molecular weight is 265 g/mol. The van der Waals surface area contributed by atoms with Crippen LogP contribution in [-0.4, -0.2) is 26.2 Å². The number of benzene rings is 1. The van der Waals surface area contributed by atoms with Crippen LogP contribution in [0.1, 0.15) is 38.3 Å². The number of para-hydroxylation sites is 1. The van der Waals surface area contributed by atoms with Crippen molar-refractivity contribution in [2.24, 2.45) is 0 Å². The number of carbonyl (C=O) groups excluding carboxylic acids is 1. The fourth-order valence-electron chi connectivity index (χ4n) is 1.92. The maximum Gasteiger partial charge on any atom is 0.307 e. The lowest BCUT2D eigenvalue weighted by Crippen LogP contribution is -2.25. The molecule has 0 spiro atoms. The van der Waals surface area contributed by atoms with Crippen LogP contribution in [0.25, 0.3) is 0 Å². The molecule has 0 aliphatic carbocycles. The van der Waals surface area contributed by atoms with Crippen molar-refractivity contribution in [3.05, 3.63) is 29.8 Å². The number of hydrogen-bond acceptors (Lipinski definition) is 4. The van der Waals surface area contributed by atoms with E-state index in [4.69, 9.17) is 9.47 Å². The maximum absolute atomic E-state index is 11.5. The lowest BCUT2D eigenvalue weighted by atomic mass is 10.0. The smallest absolute Gasteiger partial charge is 0.307 e. The van der Waals surface area contributed by atoms with Crippen LogP contribution in [0.15, 0.2) is 24.3 Å². The van der Waals surface area contributed by atoms with Gasteiger partial charge in [-0.15, -0.1) is 0 Å². The number of rotatable bonds is 8. The summed E-state index contributed by atoms with van der Waals surface area (Å²) < 4.78 is 10.4. The molecule has 0 bridgehead atoms. The van der Waals surface area contributed by atoms with Crippen molar-refractivity contribution in [1.29, 1.82) is 0 Å². The Morgan fingerprint density at radius 2 is 2.05 bits per heavy atom. The highest BCUT2D eigenvalue weighted by Gasteiger charge is 2.19. The Morgan fingerprint density at radius 3 is 2.68 bits per heavy atom. The highest BCUT2D eigenvalue weighted by Crippen LogP contribution is 2.27. The topological polar surface area (TPSA) is 47.6 Å². The molecule has 1 atom stereocenters. The van der Waals surface area contributed by atoms with Gasteiger partial charge in [0, 0.05) is 11.6 Å². The summed E-state index contributed by atoms with van der Waals surface area (Å²) in [6, 6.07) is 7.73. The third kappa shape index (κ3) is 4.91. The number of esters is 1. The Hall–Kier alpha value is -1.55. The molecule has 0 amide bonds. The molecular formula is C15H23NO3. The molecular weight excluding hydrogens is 242 g/mol. The van der Waals surface area contributed by atoms with Crippen LogP contribution in [0.2, 0.25) is 0 Å². The van der Waals surface area contributed by atoms with E-state index in [0.717, 1.165) is 24.3 Å². The van der Waals surface area contributed by atoms with Crippen molar-refractivity contribution in [3.63, 3.8) is 0 Å². The molecule has 0 aliphatic heterocycles. The molecule has 0 fully saturated rings. The van der Waals surface area contributed by atoms with Gasteiger partial charge in [-0.2, -0.15) is 0 Å². The first-order valence-electron chi connectivity index (χ1n) is 6.74. The van der Waals surface area contributed by atoms with Gasteiger partial charge in [-0.05, 0) is 26.0 Å².